The van der Waals surface area contributed by atoms with Crippen LogP contribution in [-0.2, 0) is 4.74 Å². The number of carbonyl (C=O) groups is 1. The van der Waals surface area contributed by atoms with Crippen LogP contribution in [0.15, 0.2) is 41.8 Å². The van der Waals surface area contributed by atoms with Crippen LogP contribution in [0.5, 0.6) is 0 Å². The van der Waals surface area contributed by atoms with E-state index in [9.17, 15) is 13.6 Å². The Morgan fingerprint density at radius 1 is 1.30 bits per heavy atom. The van der Waals surface area contributed by atoms with Crippen LogP contribution < -0.4 is 0 Å². The van der Waals surface area contributed by atoms with Crippen LogP contribution in [-0.4, -0.2) is 27.8 Å². The first-order valence-corrected chi connectivity index (χ1v) is 7.46. The highest BCUT2D eigenvalue weighted by Gasteiger charge is 2.20. The number of alkyl halides is 2. The van der Waals surface area contributed by atoms with Gasteiger partial charge in [0, 0.05) is 10.9 Å². The van der Waals surface area contributed by atoms with Crippen LogP contribution in [0.3, 0.4) is 0 Å². The molecular weight excluding hydrogens is 324 g/mol. The van der Waals surface area contributed by atoms with Crippen LogP contribution in [0.4, 0.5) is 8.78 Å². The SMILES string of the molecule is COC(=O)c1csc(-n2nc(C(F)F)cc2-c2ccccc2)n1. The Labute approximate surface area is 134 Å². The number of hydrogen-bond acceptors (Lipinski definition) is 5. The van der Waals surface area contributed by atoms with E-state index in [4.69, 9.17) is 0 Å². The Morgan fingerprint density at radius 2 is 2.04 bits per heavy atom. The molecule has 8 heteroatoms. The average molecular weight is 335 g/mol. The molecule has 0 atom stereocenters. The fraction of sp³-hybridized carbons (Fsp3) is 0.133. The van der Waals surface area contributed by atoms with Crippen molar-refractivity contribution in [1.82, 2.24) is 14.8 Å². The predicted molar refractivity (Wildman–Crippen MR) is 81.0 cm³/mol. The number of rotatable bonds is 4. The zero-order valence-electron chi connectivity index (χ0n) is 11.9. The van der Waals surface area contributed by atoms with E-state index < -0.39 is 12.4 Å². The fourth-order valence-corrected chi connectivity index (χ4v) is 2.78. The summed E-state index contributed by atoms with van der Waals surface area (Å²) in [6.45, 7) is 0. The lowest BCUT2D eigenvalue weighted by molar-refractivity contribution is 0.0595. The van der Waals surface area contributed by atoms with Crippen molar-refractivity contribution in [3.63, 3.8) is 0 Å². The number of methoxy groups -OCH3 is 1. The molecule has 0 aliphatic rings. The van der Waals surface area contributed by atoms with Crippen molar-refractivity contribution in [2.75, 3.05) is 7.11 Å². The van der Waals surface area contributed by atoms with E-state index in [1.165, 1.54) is 23.2 Å². The van der Waals surface area contributed by atoms with Gasteiger partial charge in [0.15, 0.2) is 5.69 Å². The van der Waals surface area contributed by atoms with E-state index in [0.29, 0.717) is 10.8 Å². The van der Waals surface area contributed by atoms with E-state index in [1.807, 2.05) is 6.07 Å². The maximum Gasteiger partial charge on any atom is 0.357 e. The molecule has 2 heterocycles. The third kappa shape index (κ3) is 2.98. The minimum atomic E-state index is -2.70. The number of benzene rings is 1. The Morgan fingerprint density at radius 3 is 2.70 bits per heavy atom. The topological polar surface area (TPSA) is 57.0 Å². The van der Waals surface area contributed by atoms with Gasteiger partial charge in [-0.25, -0.2) is 23.2 Å². The zero-order chi connectivity index (χ0) is 16.4. The monoisotopic (exact) mass is 335 g/mol. The zero-order valence-corrected chi connectivity index (χ0v) is 12.8. The average Bonchev–Trinajstić information content (AvgIpc) is 3.21. The summed E-state index contributed by atoms with van der Waals surface area (Å²) < 4.78 is 31.9. The molecule has 0 aliphatic carbocycles. The normalized spacial score (nSPS) is 11.0. The van der Waals surface area contributed by atoms with Crippen LogP contribution >= 0.6 is 11.3 Å². The Bertz CT molecular complexity index is 830. The molecule has 0 N–H and O–H groups in total. The molecule has 0 bridgehead atoms. The summed E-state index contributed by atoms with van der Waals surface area (Å²) in [5, 5.41) is 5.73. The molecule has 0 fully saturated rings. The predicted octanol–water partition coefficient (Wildman–Crippen LogP) is 3.72. The summed E-state index contributed by atoms with van der Waals surface area (Å²) in [4.78, 5) is 15.6. The molecular formula is C15H11F2N3O2S. The number of halogens is 2. The lowest BCUT2D eigenvalue weighted by atomic mass is 10.1. The Kier molecular flexibility index (Phi) is 4.16. The lowest BCUT2D eigenvalue weighted by Gasteiger charge is -2.03. The maximum absolute atomic E-state index is 13.0. The highest BCUT2D eigenvalue weighted by atomic mass is 32.1. The fourth-order valence-electron chi connectivity index (χ4n) is 2.03. The molecule has 2 aromatic heterocycles. The van der Waals surface area contributed by atoms with E-state index >= 15 is 0 Å². The van der Waals surface area contributed by atoms with Crippen LogP contribution in [0.1, 0.15) is 22.6 Å². The van der Waals surface area contributed by atoms with Gasteiger partial charge in [0.25, 0.3) is 6.43 Å². The summed E-state index contributed by atoms with van der Waals surface area (Å²) in [6.07, 6.45) is -2.70. The molecule has 0 saturated heterocycles. The molecule has 118 valence electrons. The maximum atomic E-state index is 13.0. The Balaban J connectivity index is 2.11. The molecule has 0 spiro atoms. The second-order valence-corrected chi connectivity index (χ2v) is 5.38. The van der Waals surface area contributed by atoms with Crippen molar-refractivity contribution in [3.05, 3.63) is 53.2 Å². The largest absolute Gasteiger partial charge is 0.464 e. The summed E-state index contributed by atoms with van der Waals surface area (Å²) >= 11 is 1.12. The number of hydrogen-bond donors (Lipinski definition) is 0. The number of aromatic nitrogens is 3. The molecule has 0 amide bonds. The van der Waals surface area contributed by atoms with E-state index in [0.717, 1.165) is 16.9 Å². The quantitative estimate of drug-likeness (QED) is 0.682. The molecule has 1 aromatic carbocycles. The number of ether oxygens (including phenoxy) is 1. The van der Waals surface area contributed by atoms with Gasteiger partial charge in [-0.15, -0.1) is 11.3 Å². The number of nitrogens with zero attached hydrogens (tertiary/aromatic N) is 3. The van der Waals surface area contributed by atoms with Gasteiger partial charge < -0.3 is 4.74 Å². The first kappa shape index (κ1) is 15.3. The molecule has 3 aromatic rings. The van der Waals surface area contributed by atoms with Crippen molar-refractivity contribution in [2.45, 2.75) is 6.43 Å². The smallest absolute Gasteiger partial charge is 0.357 e. The molecule has 5 nitrogen and oxygen atoms in total. The molecule has 0 radical (unpaired) electrons. The third-order valence-electron chi connectivity index (χ3n) is 3.09. The Hall–Kier alpha value is -2.61. The van der Waals surface area contributed by atoms with Gasteiger partial charge >= 0.3 is 5.97 Å². The van der Waals surface area contributed by atoms with Gasteiger partial charge in [0.2, 0.25) is 5.13 Å². The number of esters is 1. The summed E-state index contributed by atoms with van der Waals surface area (Å²) in [7, 11) is 1.25. The van der Waals surface area contributed by atoms with Gasteiger partial charge in [-0.2, -0.15) is 5.10 Å². The van der Waals surface area contributed by atoms with Crippen molar-refractivity contribution < 1.29 is 18.3 Å². The second-order valence-electron chi connectivity index (χ2n) is 4.54. The van der Waals surface area contributed by atoms with Crippen LogP contribution in [0, 0.1) is 0 Å². The highest BCUT2D eigenvalue weighted by molar-refractivity contribution is 7.12. The van der Waals surface area contributed by atoms with Crippen LogP contribution in [0.25, 0.3) is 16.4 Å². The van der Waals surface area contributed by atoms with Gasteiger partial charge in [-0.05, 0) is 6.07 Å². The minimum Gasteiger partial charge on any atom is -0.464 e. The van der Waals surface area contributed by atoms with Crippen LogP contribution in [0.2, 0.25) is 0 Å². The van der Waals surface area contributed by atoms with E-state index in [-0.39, 0.29) is 11.4 Å². The van der Waals surface area contributed by atoms with E-state index in [2.05, 4.69) is 14.8 Å². The van der Waals surface area contributed by atoms with Crippen molar-refractivity contribution >= 4 is 17.3 Å². The van der Waals surface area contributed by atoms with Gasteiger partial charge in [0.05, 0.1) is 12.8 Å². The standard InChI is InChI=1S/C15H11F2N3O2S/c1-22-14(21)11-8-23-15(18-11)20-12(7-10(19-20)13(16)17)9-5-3-2-4-6-9/h2-8,13H,1H3. The van der Waals surface area contributed by atoms with Crippen molar-refractivity contribution in [3.8, 4) is 16.4 Å². The second kappa shape index (κ2) is 6.25. The van der Waals surface area contributed by atoms with Gasteiger partial charge in [-0.3, -0.25) is 0 Å². The van der Waals surface area contributed by atoms with Gasteiger partial charge in [-0.1, -0.05) is 30.3 Å². The minimum absolute atomic E-state index is 0.112. The van der Waals surface area contributed by atoms with E-state index in [1.54, 1.807) is 24.3 Å². The van der Waals surface area contributed by atoms with Crippen molar-refractivity contribution in [1.29, 1.82) is 0 Å². The highest BCUT2D eigenvalue weighted by Crippen LogP contribution is 2.29. The summed E-state index contributed by atoms with van der Waals surface area (Å²) in [5.74, 6) is -0.588. The first-order valence-electron chi connectivity index (χ1n) is 6.58. The molecule has 3 rings (SSSR count). The molecule has 0 saturated carbocycles. The molecule has 0 aliphatic heterocycles. The lowest BCUT2D eigenvalue weighted by Crippen LogP contribution is -2.04. The third-order valence-corrected chi connectivity index (χ3v) is 3.91. The molecule has 23 heavy (non-hydrogen) atoms. The van der Waals surface area contributed by atoms with Crippen molar-refractivity contribution in [2.24, 2.45) is 0 Å². The molecule has 0 unspecified atom stereocenters. The summed E-state index contributed by atoms with van der Waals surface area (Å²) in [6, 6.07) is 10.3. The summed E-state index contributed by atoms with van der Waals surface area (Å²) in [5.41, 5.74) is 0.965. The number of carbonyl (C=O) groups excluding carboxylic acids is 1. The number of thiazole rings is 1. The van der Waals surface area contributed by atoms with Gasteiger partial charge in [0.1, 0.15) is 5.69 Å². The first-order chi connectivity index (χ1) is 11.1.